The number of hydrogen-bond acceptors (Lipinski definition) is 4. The van der Waals surface area contributed by atoms with Crippen LogP contribution in [0.15, 0.2) is 23.1 Å². The molecule has 0 bridgehead atoms. The highest BCUT2D eigenvalue weighted by molar-refractivity contribution is 7.89. The summed E-state index contributed by atoms with van der Waals surface area (Å²) in [5, 5.41) is 8.90. The van der Waals surface area contributed by atoms with Gasteiger partial charge in [-0.3, -0.25) is 0 Å². The van der Waals surface area contributed by atoms with Crippen LogP contribution in [-0.4, -0.2) is 21.0 Å². The first-order chi connectivity index (χ1) is 9.47. The Morgan fingerprint density at radius 2 is 2.20 bits per heavy atom. The second kappa shape index (κ2) is 5.92. The van der Waals surface area contributed by atoms with Gasteiger partial charge in [0.2, 0.25) is 10.0 Å². The molecule has 1 aromatic rings. The number of nitrogens with zero attached hydrogens (tertiary/aromatic N) is 1. The molecule has 0 unspecified atom stereocenters. The average molecular weight is 293 g/mol. The van der Waals surface area contributed by atoms with E-state index in [0.717, 1.165) is 19.3 Å². The van der Waals surface area contributed by atoms with E-state index in [9.17, 15) is 8.42 Å². The molecule has 2 rings (SSSR count). The minimum absolute atomic E-state index is 0.102. The Bertz CT molecular complexity index is 634. The van der Waals surface area contributed by atoms with Crippen molar-refractivity contribution in [1.82, 2.24) is 4.72 Å². The lowest BCUT2D eigenvalue weighted by atomic mass is 10.1. The number of nitriles is 1. The number of aryl methyl sites for hydroxylation is 1. The summed E-state index contributed by atoms with van der Waals surface area (Å²) in [5.74, 6) is 0.198. The predicted octanol–water partition coefficient (Wildman–Crippen LogP) is 1.27. The van der Waals surface area contributed by atoms with Gasteiger partial charge >= 0.3 is 0 Å². The lowest BCUT2D eigenvalue weighted by Crippen LogP contribution is -2.40. The lowest BCUT2D eigenvalue weighted by Gasteiger charge is -2.20. The third kappa shape index (κ3) is 3.01. The van der Waals surface area contributed by atoms with Crippen molar-refractivity contribution in [1.29, 1.82) is 5.26 Å². The van der Waals surface area contributed by atoms with Gasteiger partial charge in [-0.1, -0.05) is 12.5 Å². The number of nitrogens with one attached hydrogen (secondary N) is 1. The van der Waals surface area contributed by atoms with E-state index in [0.29, 0.717) is 17.7 Å². The first-order valence-corrected chi connectivity index (χ1v) is 8.19. The van der Waals surface area contributed by atoms with Gasteiger partial charge in [-0.05, 0) is 49.9 Å². The Kier molecular flexibility index (Phi) is 4.43. The van der Waals surface area contributed by atoms with Crippen LogP contribution in [0.4, 0.5) is 0 Å². The van der Waals surface area contributed by atoms with Crippen molar-refractivity contribution in [3.8, 4) is 6.07 Å². The summed E-state index contributed by atoms with van der Waals surface area (Å²) < 4.78 is 27.7. The molecule has 20 heavy (non-hydrogen) atoms. The van der Waals surface area contributed by atoms with Crippen LogP contribution in [0.5, 0.6) is 0 Å². The van der Waals surface area contributed by atoms with Crippen molar-refractivity contribution in [3.05, 3.63) is 29.3 Å². The predicted molar refractivity (Wildman–Crippen MR) is 76.4 cm³/mol. The van der Waals surface area contributed by atoms with E-state index in [-0.39, 0.29) is 16.9 Å². The second-order valence-corrected chi connectivity index (χ2v) is 6.93. The fourth-order valence-corrected chi connectivity index (χ4v) is 4.31. The fraction of sp³-hybridized carbons (Fsp3) is 0.500. The zero-order valence-corrected chi connectivity index (χ0v) is 12.3. The SMILES string of the molecule is Cc1ccc(C#N)cc1S(=O)(=O)N[C@@H]1CCC[C@@H]1CN. The van der Waals surface area contributed by atoms with Gasteiger partial charge in [-0.15, -0.1) is 0 Å². The molecule has 5 nitrogen and oxygen atoms in total. The number of nitrogens with two attached hydrogens (primary N) is 1. The van der Waals surface area contributed by atoms with E-state index in [4.69, 9.17) is 11.0 Å². The summed E-state index contributed by atoms with van der Waals surface area (Å²) in [6.07, 6.45) is 2.77. The monoisotopic (exact) mass is 293 g/mol. The molecule has 1 saturated carbocycles. The van der Waals surface area contributed by atoms with E-state index in [1.807, 2.05) is 6.07 Å². The number of benzene rings is 1. The maximum absolute atomic E-state index is 12.5. The van der Waals surface area contributed by atoms with Crippen molar-refractivity contribution < 1.29 is 8.42 Å². The van der Waals surface area contributed by atoms with Gasteiger partial charge in [0, 0.05) is 6.04 Å². The van der Waals surface area contributed by atoms with Gasteiger partial charge in [-0.25, -0.2) is 13.1 Å². The van der Waals surface area contributed by atoms with Gasteiger partial charge in [0.1, 0.15) is 0 Å². The smallest absolute Gasteiger partial charge is 0.241 e. The third-order valence-electron chi connectivity index (χ3n) is 3.88. The molecule has 0 spiro atoms. The Balaban J connectivity index is 2.29. The maximum Gasteiger partial charge on any atom is 0.241 e. The average Bonchev–Trinajstić information content (AvgIpc) is 2.85. The van der Waals surface area contributed by atoms with E-state index >= 15 is 0 Å². The third-order valence-corrected chi connectivity index (χ3v) is 5.51. The summed E-state index contributed by atoms with van der Waals surface area (Å²) in [6.45, 7) is 2.22. The van der Waals surface area contributed by atoms with Crippen LogP contribution in [0.2, 0.25) is 0 Å². The van der Waals surface area contributed by atoms with E-state index in [1.54, 1.807) is 19.1 Å². The Hall–Kier alpha value is -1.42. The molecule has 1 fully saturated rings. The van der Waals surface area contributed by atoms with Gasteiger partial charge in [0.15, 0.2) is 0 Å². The summed E-state index contributed by atoms with van der Waals surface area (Å²) in [5.41, 5.74) is 6.66. The van der Waals surface area contributed by atoms with Crippen LogP contribution < -0.4 is 10.5 Å². The van der Waals surface area contributed by atoms with Gasteiger partial charge in [0.05, 0.1) is 16.5 Å². The Labute approximate surface area is 119 Å². The number of hydrogen-bond donors (Lipinski definition) is 2. The molecule has 0 heterocycles. The molecule has 1 aliphatic carbocycles. The molecule has 0 amide bonds. The molecule has 0 aromatic heterocycles. The molecule has 2 atom stereocenters. The van der Waals surface area contributed by atoms with E-state index in [2.05, 4.69) is 4.72 Å². The van der Waals surface area contributed by atoms with Crippen molar-refractivity contribution in [2.45, 2.75) is 37.1 Å². The fourth-order valence-electron chi connectivity index (χ4n) is 2.70. The molecular formula is C14H19N3O2S. The molecule has 0 radical (unpaired) electrons. The van der Waals surface area contributed by atoms with Gasteiger partial charge in [0.25, 0.3) is 0 Å². The largest absolute Gasteiger partial charge is 0.330 e. The highest BCUT2D eigenvalue weighted by Crippen LogP contribution is 2.27. The van der Waals surface area contributed by atoms with Crippen LogP contribution in [0.1, 0.15) is 30.4 Å². The number of sulfonamides is 1. The van der Waals surface area contributed by atoms with Crippen LogP contribution in [0.25, 0.3) is 0 Å². The summed E-state index contributed by atoms with van der Waals surface area (Å²) in [6, 6.07) is 6.56. The topological polar surface area (TPSA) is 96.0 Å². The quantitative estimate of drug-likeness (QED) is 0.873. The van der Waals surface area contributed by atoms with E-state index < -0.39 is 10.0 Å². The van der Waals surface area contributed by atoms with Crippen molar-refractivity contribution in [2.75, 3.05) is 6.54 Å². The van der Waals surface area contributed by atoms with Crippen molar-refractivity contribution in [2.24, 2.45) is 11.7 Å². The minimum Gasteiger partial charge on any atom is -0.330 e. The highest BCUT2D eigenvalue weighted by atomic mass is 32.2. The van der Waals surface area contributed by atoms with Crippen LogP contribution in [-0.2, 0) is 10.0 Å². The highest BCUT2D eigenvalue weighted by Gasteiger charge is 2.30. The molecule has 0 aliphatic heterocycles. The van der Waals surface area contributed by atoms with Gasteiger partial charge in [-0.2, -0.15) is 5.26 Å². The molecule has 6 heteroatoms. The van der Waals surface area contributed by atoms with E-state index in [1.165, 1.54) is 6.07 Å². The molecule has 0 saturated heterocycles. The zero-order chi connectivity index (χ0) is 14.8. The van der Waals surface area contributed by atoms with Gasteiger partial charge < -0.3 is 5.73 Å². The lowest BCUT2D eigenvalue weighted by molar-refractivity contribution is 0.452. The molecule has 108 valence electrons. The number of rotatable bonds is 4. The molecule has 1 aliphatic rings. The van der Waals surface area contributed by atoms with Crippen LogP contribution in [0, 0.1) is 24.2 Å². The molecule has 1 aromatic carbocycles. The second-order valence-electron chi connectivity index (χ2n) is 5.25. The first kappa shape index (κ1) is 15.0. The van der Waals surface area contributed by atoms with Crippen LogP contribution >= 0.6 is 0 Å². The summed E-state index contributed by atoms with van der Waals surface area (Å²) >= 11 is 0. The molecular weight excluding hydrogens is 274 g/mol. The van der Waals surface area contributed by atoms with Crippen LogP contribution in [0.3, 0.4) is 0 Å². The van der Waals surface area contributed by atoms with Crippen molar-refractivity contribution >= 4 is 10.0 Å². The standard InChI is InChI=1S/C14H19N3O2S/c1-10-5-6-11(8-15)7-14(10)20(18,19)17-13-4-2-3-12(13)9-16/h5-7,12-13,17H,2-4,9,16H2,1H3/t12-,13-/m1/s1. The minimum atomic E-state index is -3.61. The summed E-state index contributed by atoms with van der Waals surface area (Å²) in [4.78, 5) is 0.180. The first-order valence-electron chi connectivity index (χ1n) is 6.71. The Morgan fingerprint density at radius 3 is 2.85 bits per heavy atom. The zero-order valence-electron chi connectivity index (χ0n) is 11.5. The van der Waals surface area contributed by atoms with Crippen molar-refractivity contribution in [3.63, 3.8) is 0 Å². The molecule has 3 N–H and O–H groups in total. The normalized spacial score (nSPS) is 22.6. The Morgan fingerprint density at radius 1 is 1.45 bits per heavy atom. The summed E-state index contributed by atoms with van der Waals surface area (Å²) in [7, 11) is -3.61. The maximum atomic E-state index is 12.5.